The first kappa shape index (κ1) is 21.0. The van der Waals surface area contributed by atoms with E-state index in [0.717, 1.165) is 21.0 Å². The molecule has 4 atom stereocenters. The molecule has 1 fully saturated rings. The summed E-state index contributed by atoms with van der Waals surface area (Å²) in [4.78, 5) is 10.6. The number of thiophene rings is 1. The summed E-state index contributed by atoms with van der Waals surface area (Å²) in [7, 11) is -3.14. The number of phenolic OH excluding ortho intramolecular Hbond substituents is 1. The lowest BCUT2D eigenvalue weighted by atomic mass is 10.2. The second kappa shape index (κ2) is 8.47. The average molecular weight is 444 g/mol. The monoisotopic (exact) mass is 444 g/mol. The highest BCUT2D eigenvalue weighted by Gasteiger charge is 2.45. The first-order valence-corrected chi connectivity index (χ1v) is 12.3. The summed E-state index contributed by atoms with van der Waals surface area (Å²) in [6.07, 6.45) is 3.24. The Hall–Kier alpha value is -2.25. The Morgan fingerprint density at radius 1 is 1.20 bits per heavy atom. The molecule has 0 bridgehead atoms. The molecule has 0 radical (unpaired) electrons. The van der Waals surface area contributed by atoms with Crippen LogP contribution in [0, 0.1) is 6.92 Å². The van der Waals surface area contributed by atoms with E-state index in [4.69, 9.17) is 4.52 Å². The normalized spacial score (nSPS) is 24.6. The number of aryl methyl sites for hydroxylation is 1. The van der Waals surface area contributed by atoms with Gasteiger partial charge in [0.1, 0.15) is 17.2 Å². The zero-order chi connectivity index (χ0) is 21.3. The van der Waals surface area contributed by atoms with Gasteiger partial charge in [0.2, 0.25) is 0 Å². The van der Waals surface area contributed by atoms with Crippen molar-refractivity contribution in [1.82, 2.24) is 15.1 Å². The minimum absolute atomic E-state index is 0.00836. The van der Waals surface area contributed by atoms with Gasteiger partial charge in [-0.15, -0.1) is 11.3 Å². The van der Waals surface area contributed by atoms with Crippen molar-refractivity contribution in [2.24, 2.45) is 0 Å². The van der Waals surface area contributed by atoms with E-state index < -0.39 is 7.52 Å². The molecule has 3 N–H and O–H groups in total. The third-order valence-electron chi connectivity index (χ3n) is 5.19. The van der Waals surface area contributed by atoms with Gasteiger partial charge in [-0.05, 0) is 62.7 Å². The van der Waals surface area contributed by atoms with Crippen molar-refractivity contribution in [1.29, 1.82) is 0 Å². The number of anilines is 1. The van der Waals surface area contributed by atoms with Gasteiger partial charge in [-0.3, -0.25) is 9.55 Å². The van der Waals surface area contributed by atoms with Crippen LogP contribution in [0.25, 0.3) is 10.4 Å². The quantitative estimate of drug-likeness (QED) is 0.462. The van der Waals surface area contributed by atoms with Gasteiger partial charge >= 0.3 is 0 Å². The fourth-order valence-corrected chi connectivity index (χ4v) is 7.48. The Morgan fingerprint density at radius 2 is 1.97 bits per heavy atom. The highest BCUT2D eigenvalue weighted by atomic mass is 32.1. The Balaban J connectivity index is 1.62. The third kappa shape index (κ3) is 4.42. The lowest BCUT2D eigenvalue weighted by molar-refractivity contribution is 0.235. The standard InChI is InChI=1S/C21H25N4O3PS/c1-13-10-23-21(12-22-13)24-11-18(29(27)25-14(2)15(3)28-29)20-9-8-19(30-20)16-4-6-17(26)7-5-16/h4-10,12,14-15,18,26H,11H2,1-3H3,(H,23,24)(H,25,27)/t14-,15-,18?,29?/m0/s1. The van der Waals surface area contributed by atoms with Crippen LogP contribution >= 0.6 is 18.9 Å². The van der Waals surface area contributed by atoms with Gasteiger partial charge in [-0.1, -0.05) is 0 Å². The predicted octanol–water partition coefficient (Wildman–Crippen LogP) is 4.96. The van der Waals surface area contributed by atoms with Crippen molar-refractivity contribution in [3.05, 3.63) is 59.4 Å². The highest BCUT2D eigenvalue weighted by Crippen LogP contribution is 2.62. The molecule has 9 heteroatoms. The smallest absolute Gasteiger partial charge is 0.280 e. The molecule has 7 nitrogen and oxygen atoms in total. The fraction of sp³-hybridized carbons (Fsp3) is 0.333. The van der Waals surface area contributed by atoms with Gasteiger partial charge in [0, 0.05) is 22.3 Å². The Morgan fingerprint density at radius 3 is 2.60 bits per heavy atom. The molecule has 0 aliphatic carbocycles. The molecule has 1 aromatic carbocycles. The zero-order valence-corrected chi connectivity index (χ0v) is 18.8. The van der Waals surface area contributed by atoms with E-state index in [0.29, 0.717) is 12.4 Å². The molecule has 0 spiro atoms. The van der Waals surface area contributed by atoms with Crippen LogP contribution in [-0.2, 0) is 9.09 Å². The Kier molecular flexibility index (Phi) is 5.93. The number of rotatable bonds is 6. The summed E-state index contributed by atoms with van der Waals surface area (Å²) < 4.78 is 19.7. The van der Waals surface area contributed by atoms with Crippen molar-refractivity contribution in [3.8, 4) is 16.2 Å². The predicted molar refractivity (Wildman–Crippen MR) is 120 cm³/mol. The van der Waals surface area contributed by atoms with Gasteiger partial charge in [0.15, 0.2) is 0 Å². The first-order valence-electron chi connectivity index (χ1n) is 9.81. The minimum atomic E-state index is -3.14. The van der Waals surface area contributed by atoms with Crippen LogP contribution in [0.1, 0.15) is 30.1 Å². The number of benzene rings is 1. The summed E-state index contributed by atoms with van der Waals surface area (Å²) in [5.41, 5.74) is 1.47. The second-order valence-electron chi connectivity index (χ2n) is 7.51. The molecule has 4 rings (SSSR count). The van der Waals surface area contributed by atoms with E-state index in [-0.39, 0.29) is 23.6 Å². The van der Waals surface area contributed by atoms with Crippen molar-refractivity contribution in [2.75, 3.05) is 11.9 Å². The van der Waals surface area contributed by atoms with Crippen molar-refractivity contribution >= 4 is 24.7 Å². The molecule has 0 saturated carbocycles. The molecule has 30 heavy (non-hydrogen) atoms. The van der Waals surface area contributed by atoms with E-state index >= 15 is 0 Å². The molecule has 3 heterocycles. The van der Waals surface area contributed by atoms with Gasteiger partial charge in [-0.25, -0.2) is 10.1 Å². The molecule has 2 unspecified atom stereocenters. The first-order chi connectivity index (χ1) is 14.3. The van der Waals surface area contributed by atoms with Crippen molar-refractivity contribution in [2.45, 2.75) is 38.6 Å². The highest BCUT2D eigenvalue weighted by molar-refractivity contribution is 7.58. The van der Waals surface area contributed by atoms with Crippen LogP contribution < -0.4 is 10.4 Å². The van der Waals surface area contributed by atoms with E-state index in [2.05, 4.69) is 20.4 Å². The minimum Gasteiger partial charge on any atom is -0.508 e. The summed E-state index contributed by atoms with van der Waals surface area (Å²) in [5, 5.41) is 16.0. The number of aromatic nitrogens is 2. The number of phenols is 1. The summed E-state index contributed by atoms with van der Waals surface area (Å²) in [6, 6.07) is 11.1. The number of nitrogens with one attached hydrogen (secondary N) is 2. The number of hydrogen-bond acceptors (Lipinski definition) is 7. The summed E-state index contributed by atoms with van der Waals surface area (Å²) >= 11 is 1.58. The molecule has 158 valence electrons. The molecule has 3 aromatic rings. The summed E-state index contributed by atoms with van der Waals surface area (Å²) in [6.45, 7) is 6.20. The van der Waals surface area contributed by atoms with E-state index in [1.807, 2.05) is 45.0 Å². The van der Waals surface area contributed by atoms with Gasteiger partial charge in [0.25, 0.3) is 7.52 Å². The SMILES string of the molecule is Cc1cnc(NCC(c2ccc(-c3ccc(O)cc3)s2)P2(=O)N[C@@H](C)[C@H](C)O2)cn1. The Bertz CT molecular complexity index is 1040. The average Bonchev–Trinajstić information content (AvgIpc) is 3.29. The lowest BCUT2D eigenvalue weighted by Gasteiger charge is -2.23. The maximum atomic E-state index is 13.8. The van der Waals surface area contributed by atoms with Crippen molar-refractivity contribution in [3.63, 3.8) is 0 Å². The maximum Gasteiger partial charge on any atom is 0.280 e. The van der Waals surface area contributed by atoms with Crippen LogP contribution in [0.15, 0.2) is 48.8 Å². The zero-order valence-electron chi connectivity index (χ0n) is 17.1. The van der Waals surface area contributed by atoms with Gasteiger partial charge in [0.05, 0.1) is 24.2 Å². The fourth-order valence-electron chi connectivity index (χ4n) is 3.31. The molecular weight excluding hydrogens is 419 g/mol. The molecule has 1 aliphatic rings. The molecule has 0 amide bonds. The molecular formula is C21H25N4O3PS. The molecule has 1 aliphatic heterocycles. The van der Waals surface area contributed by atoms with Crippen LogP contribution in [0.4, 0.5) is 5.82 Å². The van der Waals surface area contributed by atoms with E-state index in [9.17, 15) is 9.67 Å². The lowest BCUT2D eigenvalue weighted by Crippen LogP contribution is -2.25. The van der Waals surface area contributed by atoms with Crippen LogP contribution in [0.3, 0.4) is 0 Å². The van der Waals surface area contributed by atoms with E-state index in [1.165, 1.54) is 0 Å². The molecule has 2 aromatic heterocycles. The third-order valence-corrected chi connectivity index (χ3v) is 9.30. The Labute approximate surface area is 180 Å². The van der Waals surface area contributed by atoms with Crippen LogP contribution in [0.2, 0.25) is 0 Å². The van der Waals surface area contributed by atoms with Crippen LogP contribution in [0.5, 0.6) is 5.75 Å². The van der Waals surface area contributed by atoms with Crippen LogP contribution in [-0.4, -0.2) is 33.8 Å². The van der Waals surface area contributed by atoms with Gasteiger partial charge in [-0.2, -0.15) is 0 Å². The molecule has 1 saturated heterocycles. The summed E-state index contributed by atoms with van der Waals surface area (Å²) in [5.74, 6) is 0.862. The number of nitrogens with zero attached hydrogens (tertiary/aromatic N) is 2. The second-order valence-corrected chi connectivity index (χ2v) is 10.9. The number of aromatic hydroxyl groups is 1. The largest absolute Gasteiger partial charge is 0.508 e. The van der Waals surface area contributed by atoms with E-state index in [1.54, 1.807) is 35.9 Å². The topological polar surface area (TPSA) is 96.4 Å². The maximum absolute atomic E-state index is 13.8. The van der Waals surface area contributed by atoms with Crippen molar-refractivity contribution < 1.29 is 14.2 Å². The van der Waals surface area contributed by atoms with Gasteiger partial charge < -0.3 is 14.9 Å². The number of hydrogen-bond donors (Lipinski definition) is 3.